The minimum absolute atomic E-state index is 0.0585. The van der Waals surface area contributed by atoms with Crippen LogP contribution in [-0.2, 0) is 20.7 Å². The Labute approximate surface area is 148 Å². The Morgan fingerprint density at radius 2 is 2.00 bits per heavy atom. The van der Waals surface area contributed by atoms with Crippen molar-refractivity contribution in [2.75, 3.05) is 7.11 Å². The molecule has 0 spiro atoms. The minimum atomic E-state index is -1.05. The second-order valence-electron chi connectivity index (χ2n) is 5.70. The SMILES string of the molecule is COc1cc2oc(C)cc(=O)c2c(O)c1CC(=O)OC=C(C)CC(=O)O. The number of aliphatic carboxylic acids is 1. The van der Waals surface area contributed by atoms with E-state index in [1.807, 2.05) is 0 Å². The van der Waals surface area contributed by atoms with Gasteiger partial charge in [-0.1, -0.05) is 0 Å². The van der Waals surface area contributed by atoms with Crippen LogP contribution in [0.3, 0.4) is 0 Å². The molecule has 0 aliphatic rings. The van der Waals surface area contributed by atoms with E-state index in [9.17, 15) is 19.5 Å². The van der Waals surface area contributed by atoms with Gasteiger partial charge in [-0.3, -0.25) is 14.4 Å². The number of aromatic hydroxyl groups is 1. The van der Waals surface area contributed by atoms with Crippen LogP contribution in [0, 0.1) is 6.92 Å². The Hall–Kier alpha value is -3.29. The molecule has 2 rings (SSSR count). The van der Waals surface area contributed by atoms with Gasteiger partial charge in [0.2, 0.25) is 0 Å². The Kier molecular flexibility index (Phi) is 5.66. The van der Waals surface area contributed by atoms with Gasteiger partial charge in [0, 0.05) is 17.7 Å². The van der Waals surface area contributed by atoms with Crippen LogP contribution in [-0.4, -0.2) is 29.3 Å². The molecule has 0 amide bonds. The highest BCUT2D eigenvalue weighted by molar-refractivity contribution is 5.89. The fraction of sp³-hybridized carbons (Fsp3) is 0.278. The molecule has 2 aromatic rings. The quantitative estimate of drug-likeness (QED) is 0.592. The van der Waals surface area contributed by atoms with Crippen LogP contribution in [0.4, 0.5) is 0 Å². The van der Waals surface area contributed by atoms with Gasteiger partial charge in [-0.15, -0.1) is 0 Å². The van der Waals surface area contributed by atoms with Crippen LogP contribution in [0.5, 0.6) is 11.5 Å². The molecule has 138 valence electrons. The number of hydrogen-bond acceptors (Lipinski definition) is 7. The highest BCUT2D eigenvalue weighted by Crippen LogP contribution is 2.35. The number of fused-ring (bicyclic) bond motifs is 1. The van der Waals surface area contributed by atoms with Gasteiger partial charge in [0.15, 0.2) is 5.43 Å². The predicted molar refractivity (Wildman–Crippen MR) is 91.2 cm³/mol. The van der Waals surface area contributed by atoms with E-state index < -0.39 is 23.1 Å². The van der Waals surface area contributed by atoms with Gasteiger partial charge in [-0.2, -0.15) is 0 Å². The molecule has 0 saturated carbocycles. The summed E-state index contributed by atoms with van der Waals surface area (Å²) in [5.74, 6) is -1.69. The molecule has 8 heteroatoms. The number of rotatable bonds is 6. The van der Waals surface area contributed by atoms with E-state index in [-0.39, 0.29) is 35.1 Å². The molecule has 2 N–H and O–H groups in total. The lowest BCUT2D eigenvalue weighted by Gasteiger charge is -2.12. The average molecular weight is 362 g/mol. The summed E-state index contributed by atoms with van der Waals surface area (Å²) in [6.45, 7) is 3.10. The molecule has 26 heavy (non-hydrogen) atoms. The number of carbonyl (C=O) groups excluding carboxylic acids is 1. The number of carboxylic acids is 1. The molecule has 0 bridgehead atoms. The smallest absolute Gasteiger partial charge is 0.315 e. The third kappa shape index (κ3) is 4.21. The first kappa shape index (κ1) is 19.0. The summed E-state index contributed by atoms with van der Waals surface area (Å²) in [4.78, 5) is 34.7. The topological polar surface area (TPSA) is 123 Å². The normalized spacial score (nSPS) is 11.4. The number of phenolic OH excluding ortho intramolecular Hbond substituents is 1. The van der Waals surface area contributed by atoms with E-state index >= 15 is 0 Å². The van der Waals surface area contributed by atoms with Crippen molar-refractivity contribution < 1.29 is 33.7 Å². The Morgan fingerprint density at radius 1 is 1.31 bits per heavy atom. The number of phenols is 1. The Bertz CT molecular complexity index is 952. The van der Waals surface area contributed by atoms with E-state index in [2.05, 4.69) is 0 Å². The second kappa shape index (κ2) is 7.73. The van der Waals surface area contributed by atoms with Crippen LogP contribution < -0.4 is 10.2 Å². The summed E-state index contributed by atoms with van der Waals surface area (Å²) < 4.78 is 15.5. The molecular weight excluding hydrogens is 344 g/mol. The summed E-state index contributed by atoms with van der Waals surface area (Å²) in [7, 11) is 1.35. The third-order valence-electron chi connectivity index (χ3n) is 3.54. The summed E-state index contributed by atoms with van der Waals surface area (Å²) in [6, 6.07) is 2.65. The van der Waals surface area contributed by atoms with Crippen molar-refractivity contribution >= 4 is 22.9 Å². The number of methoxy groups -OCH3 is 1. The second-order valence-corrected chi connectivity index (χ2v) is 5.70. The van der Waals surface area contributed by atoms with Gasteiger partial charge < -0.3 is 24.1 Å². The zero-order valence-corrected chi connectivity index (χ0v) is 14.5. The zero-order valence-electron chi connectivity index (χ0n) is 14.5. The molecule has 0 fully saturated rings. The highest BCUT2D eigenvalue weighted by Gasteiger charge is 2.20. The molecule has 0 aliphatic heterocycles. The van der Waals surface area contributed by atoms with E-state index in [0.717, 1.165) is 6.26 Å². The first-order valence-corrected chi connectivity index (χ1v) is 7.63. The van der Waals surface area contributed by atoms with Crippen molar-refractivity contribution in [3.8, 4) is 11.5 Å². The lowest BCUT2D eigenvalue weighted by Crippen LogP contribution is -2.09. The molecule has 0 unspecified atom stereocenters. The van der Waals surface area contributed by atoms with Crippen molar-refractivity contribution in [1.29, 1.82) is 0 Å². The van der Waals surface area contributed by atoms with Crippen molar-refractivity contribution in [2.45, 2.75) is 26.7 Å². The maximum absolute atomic E-state index is 12.1. The largest absolute Gasteiger partial charge is 0.507 e. The van der Waals surface area contributed by atoms with E-state index in [4.69, 9.17) is 19.0 Å². The summed E-state index contributed by atoms with van der Waals surface area (Å²) in [6.07, 6.45) is 0.395. The molecular formula is C18H18O8. The van der Waals surface area contributed by atoms with Gasteiger partial charge in [0.1, 0.15) is 28.2 Å². The first-order valence-electron chi connectivity index (χ1n) is 7.63. The van der Waals surface area contributed by atoms with Crippen molar-refractivity contribution in [3.05, 3.63) is 45.5 Å². The summed E-state index contributed by atoms with van der Waals surface area (Å²) >= 11 is 0. The minimum Gasteiger partial charge on any atom is -0.507 e. The van der Waals surface area contributed by atoms with Crippen LogP contribution in [0.15, 0.2) is 33.2 Å². The number of carbonyl (C=O) groups is 2. The lowest BCUT2D eigenvalue weighted by molar-refractivity contribution is -0.138. The fourth-order valence-corrected chi connectivity index (χ4v) is 2.43. The molecule has 0 atom stereocenters. The van der Waals surface area contributed by atoms with E-state index in [1.54, 1.807) is 6.92 Å². The van der Waals surface area contributed by atoms with Gasteiger partial charge in [0.05, 0.1) is 26.2 Å². The summed E-state index contributed by atoms with van der Waals surface area (Å²) in [5.41, 5.74) is 0.108. The molecule has 1 aromatic carbocycles. The average Bonchev–Trinajstić information content (AvgIpc) is 2.53. The summed E-state index contributed by atoms with van der Waals surface area (Å²) in [5, 5.41) is 19.0. The molecule has 0 radical (unpaired) electrons. The van der Waals surface area contributed by atoms with Crippen LogP contribution in [0.2, 0.25) is 0 Å². The van der Waals surface area contributed by atoms with Crippen LogP contribution >= 0.6 is 0 Å². The van der Waals surface area contributed by atoms with Crippen molar-refractivity contribution in [3.63, 3.8) is 0 Å². The lowest BCUT2D eigenvalue weighted by atomic mass is 10.0. The first-order chi connectivity index (χ1) is 12.2. The zero-order chi connectivity index (χ0) is 19.4. The van der Waals surface area contributed by atoms with E-state index in [1.165, 1.54) is 26.2 Å². The fourth-order valence-electron chi connectivity index (χ4n) is 2.43. The monoisotopic (exact) mass is 362 g/mol. The number of benzene rings is 1. The maximum atomic E-state index is 12.1. The predicted octanol–water partition coefficient (Wildman–Crippen LogP) is 2.28. The number of esters is 1. The maximum Gasteiger partial charge on any atom is 0.315 e. The van der Waals surface area contributed by atoms with Crippen LogP contribution in [0.25, 0.3) is 11.0 Å². The standard InChI is InChI=1S/C18H18O8/c1-9(4-15(20)21)8-25-16(22)6-11-13(24-3)7-14-17(18(11)23)12(19)5-10(2)26-14/h5,7-8,23H,4,6H2,1-3H3,(H,20,21). The number of carboxylic acid groups (broad SMARTS) is 1. The van der Waals surface area contributed by atoms with Gasteiger partial charge in [-0.05, 0) is 19.4 Å². The van der Waals surface area contributed by atoms with Gasteiger partial charge in [0.25, 0.3) is 0 Å². The molecule has 1 aromatic heterocycles. The highest BCUT2D eigenvalue weighted by atomic mass is 16.5. The van der Waals surface area contributed by atoms with Crippen molar-refractivity contribution in [1.82, 2.24) is 0 Å². The molecule has 1 heterocycles. The number of aryl methyl sites for hydroxylation is 1. The van der Waals surface area contributed by atoms with E-state index in [0.29, 0.717) is 11.3 Å². The molecule has 0 saturated heterocycles. The Morgan fingerprint density at radius 3 is 2.62 bits per heavy atom. The molecule has 0 aliphatic carbocycles. The van der Waals surface area contributed by atoms with Gasteiger partial charge in [-0.25, -0.2) is 0 Å². The molecule has 8 nitrogen and oxygen atoms in total. The van der Waals surface area contributed by atoms with Gasteiger partial charge >= 0.3 is 11.9 Å². The number of ether oxygens (including phenoxy) is 2. The number of hydrogen-bond donors (Lipinski definition) is 2. The Balaban J connectivity index is 2.37. The van der Waals surface area contributed by atoms with Crippen molar-refractivity contribution in [2.24, 2.45) is 0 Å². The third-order valence-corrected chi connectivity index (χ3v) is 3.54. The van der Waals surface area contributed by atoms with Crippen LogP contribution in [0.1, 0.15) is 24.7 Å².